The molecule has 1 aromatic heterocycles. The van der Waals surface area contributed by atoms with Crippen LogP contribution in [0.15, 0.2) is 60.8 Å². The Hall–Kier alpha value is -2.75. The predicted octanol–water partition coefficient (Wildman–Crippen LogP) is 3.31. The van der Waals surface area contributed by atoms with E-state index in [0.717, 1.165) is 12.2 Å². The highest BCUT2D eigenvalue weighted by Crippen LogP contribution is 2.20. The van der Waals surface area contributed by atoms with Gasteiger partial charge in [0.05, 0.1) is 13.0 Å². The van der Waals surface area contributed by atoms with E-state index in [1.165, 1.54) is 16.5 Å². The number of hydrogen-bond donors (Lipinski definition) is 1. The van der Waals surface area contributed by atoms with Crippen molar-refractivity contribution in [2.75, 3.05) is 13.2 Å². The van der Waals surface area contributed by atoms with Crippen LogP contribution in [0.25, 0.3) is 10.9 Å². The number of carbonyl (C=O) groups is 1. The van der Waals surface area contributed by atoms with Crippen LogP contribution in [-0.2, 0) is 18.3 Å². The van der Waals surface area contributed by atoms with Crippen molar-refractivity contribution in [1.29, 1.82) is 0 Å². The van der Waals surface area contributed by atoms with E-state index >= 15 is 0 Å². The van der Waals surface area contributed by atoms with Crippen molar-refractivity contribution in [2.24, 2.45) is 7.05 Å². The topological polar surface area (TPSA) is 43.3 Å². The first-order valence-corrected chi connectivity index (χ1v) is 8.21. The molecule has 0 atom stereocenters. The summed E-state index contributed by atoms with van der Waals surface area (Å²) in [5.41, 5.74) is 2.48. The molecule has 0 spiro atoms. The minimum absolute atomic E-state index is 0.0196. The van der Waals surface area contributed by atoms with E-state index in [9.17, 15) is 4.79 Å². The zero-order valence-electron chi connectivity index (χ0n) is 13.9. The molecular weight excluding hydrogens is 300 g/mol. The third kappa shape index (κ3) is 3.96. The summed E-state index contributed by atoms with van der Waals surface area (Å²) in [5, 5.41) is 4.21. The number of fused-ring (bicyclic) bond motifs is 1. The van der Waals surface area contributed by atoms with Gasteiger partial charge < -0.3 is 14.6 Å². The molecule has 0 radical (unpaired) electrons. The van der Waals surface area contributed by atoms with Crippen LogP contribution in [0, 0.1) is 0 Å². The molecule has 3 rings (SSSR count). The monoisotopic (exact) mass is 322 g/mol. The molecule has 0 aliphatic carbocycles. The third-order valence-corrected chi connectivity index (χ3v) is 4.04. The van der Waals surface area contributed by atoms with Gasteiger partial charge in [-0.3, -0.25) is 4.79 Å². The highest BCUT2D eigenvalue weighted by Gasteiger charge is 2.07. The zero-order chi connectivity index (χ0) is 16.8. The van der Waals surface area contributed by atoms with Crippen molar-refractivity contribution in [1.82, 2.24) is 9.88 Å². The van der Waals surface area contributed by atoms with Crippen molar-refractivity contribution in [3.63, 3.8) is 0 Å². The molecule has 0 aliphatic heterocycles. The van der Waals surface area contributed by atoms with E-state index < -0.39 is 0 Å². The molecule has 1 heterocycles. The van der Waals surface area contributed by atoms with Gasteiger partial charge in [-0.2, -0.15) is 0 Å². The second kappa shape index (κ2) is 7.68. The number of aromatic nitrogens is 1. The molecule has 4 nitrogen and oxygen atoms in total. The maximum Gasteiger partial charge on any atom is 0.223 e. The SMILES string of the molecule is Cn1cc(CCNC(=O)CCOc2ccccc2)c2ccccc21. The summed E-state index contributed by atoms with van der Waals surface area (Å²) in [5.74, 6) is 0.812. The Labute approximate surface area is 142 Å². The Morgan fingerprint density at radius 2 is 1.83 bits per heavy atom. The van der Waals surface area contributed by atoms with Crippen molar-refractivity contribution < 1.29 is 9.53 Å². The Morgan fingerprint density at radius 1 is 1.08 bits per heavy atom. The lowest BCUT2D eigenvalue weighted by molar-refractivity contribution is -0.121. The number of rotatable bonds is 7. The molecule has 0 unspecified atom stereocenters. The second-order valence-corrected chi connectivity index (χ2v) is 5.79. The van der Waals surface area contributed by atoms with E-state index in [4.69, 9.17) is 4.74 Å². The van der Waals surface area contributed by atoms with Crippen LogP contribution in [-0.4, -0.2) is 23.6 Å². The van der Waals surface area contributed by atoms with Crippen LogP contribution in [0.3, 0.4) is 0 Å². The highest BCUT2D eigenvalue weighted by molar-refractivity contribution is 5.84. The second-order valence-electron chi connectivity index (χ2n) is 5.79. The van der Waals surface area contributed by atoms with E-state index in [0.29, 0.717) is 19.6 Å². The normalized spacial score (nSPS) is 10.7. The molecule has 4 heteroatoms. The van der Waals surface area contributed by atoms with E-state index in [2.05, 4.69) is 28.2 Å². The van der Waals surface area contributed by atoms with E-state index in [1.54, 1.807) is 0 Å². The fourth-order valence-corrected chi connectivity index (χ4v) is 2.83. The van der Waals surface area contributed by atoms with Gasteiger partial charge in [0, 0.05) is 30.7 Å². The van der Waals surface area contributed by atoms with Gasteiger partial charge in [0.1, 0.15) is 5.75 Å². The van der Waals surface area contributed by atoms with Crippen molar-refractivity contribution in [3.8, 4) is 5.75 Å². The van der Waals surface area contributed by atoms with Crippen LogP contribution < -0.4 is 10.1 Å². The number of para-hydroxylation sites is 2. The van der Waals surface area contributed by atoms with Gasteiger partial charge in [-0.1, -0.05) is 36.4 Å². The Balaban J connectivity index is 1.43. The summed E-state index contributed by atoms with van der Waals surface area (Å²) >= 11 is 0. The molecule has 1 amide bonds. The first kappa shape index (κ1) is 16.1. The van der Waals surface area contributed by atoms with Crippen molar-refractivity contribution in [2.45, 2.75) is 12.8 Å². The largest absolute Gasteiger partial charge is 0.493 e. The first-order chi connectivity index (χ1) is 11.7. The lowest BCUT2D eigenvalue weighted by Gasteiger charge is -2.07. The molecule has 124 valence electrons. The number of aryl methyl sites for hydroxylation is 1. The minimum atomic E-state index is 0.0196. The summed E-state index contributed by atoms with van der Waals surface area (Å²) in [4.78, 5) is 11.9. The lowest BCUT2D eigenvalue weighted by atomic mass is 10.1. The van der Waals surface area contributed by atoms with Crippen LogP contribution in [0.2, 0.25) is 0 Å². The number of hydrogen-bond acceptors (Lipinski definition) is 2. The van der Waals surface area contributed by atoms with Crippen LogP contribution >= 0.6 is 0 Å². The first-order valence-electron chi connectivity index (χ1n) is 8.21. The van der Waals surface area contributed by atoms with Gasteiger partial charge in [0.15, 0.2) is 0 Å². The van der Waals surface area contributed by atoms with Crippen LogP contribution in [0.1, 0.15) is 12.0 Å². The molecule has 0 bridgehead atoms. The van der Waals surface area contributed by atoms with E-state index in [-0.39, 0.29) is 5.91 Å². The number of benzene rings is 2. The molecule has 0 fully saturated rings. The van der Waals surface area contributed by atoms with Crippen molar-refractivity contribution >= 4 is 16.8 Å². The molecule has 3 aromatic rings. The number of ether oxygens (including phenoxy) is 1. The summed E-state index contributed by atoms with van der Waals surface area (Å²) in [7, 11) is 2.05. The maximum absolute atomic E-state index is 11.9. The van der Waals surface area contributed by atoms with Crippen molar-refractivity contribution in [3.05, 3.63) is 66.4 Å². The molecule has 1 N–H and O–H groups in total. The standard InChI is InChI=1S/C20H22N2O2/c1-22-15-16(18-9-5-6-10-19(18)22)11-13-21-20(23)12-14-24-17-7-3-2-4-8-17/h2-10,15H,11-14H2,1H3,(H,21,23). The van der Waals surface area contributed by atoms with Gasteiger partial charge in [0.25, 0.3) is 0 Å². The predicted molar refractivity (Wildman–Crippen MR) is 96.2 cm³/mol. The summed E-state index contributed by atoms with van der Waals surface area (Å²) in [6.07, 6.45) is 3.33. The average molecular weight is 322 g/mol. The fourth-order valence-electron chi connectivity index (χ4n) is 2.83. The maximum atomic E-state index is 11.9. The smallest absolute Gasteiger partial charge is 0.223 e. The number of nitrogens with zero attached hydrogens (tertiary/aromatic N) is 1. The summed E-state index contributed by atoms with van der Waals surface area (Å²) in [6, 6.07) is 17.9. The average Bonchev–Trinajstić information content (AvgIpc) is 2.92. The van der Waals surface area contributed by atoms with Crippen LogP contribution in [0.5, 0.6) is 5.75 Å². The Morgan fingerprint density at radius 3 is 2.67 bits per heavy atom. The summed E-state index contributed by atoms with van der Waals surface area (Å²) in [6.45, 7) is 1.03. The molecule has 0 saturated carbocycles. The summed E-state index contributed by atoms with van der Waals surface area (Å²) < 4.78 is 7.66. The lowest BCUT2D eigenvalue weighted by Crippen LogP contribution is -2.27. The van der Waals surface area contributed by atoms with Crippen LogP contribution in [0.4, 0.5) is 0 Å². The molecule has 0 saturated heterocycles. The number of amides is 1. The molecule has 0 aliphatic rings. The van der Waals surface area contributed by atoms with Gasteiger partial charge >= 0.3 is 0 Å². The van der Waals surface area contributed by atoms with Gasteiger partial charge in [-0.15, -0.1) is 0 Å². The fraction of sp³-hybridized carbons (Fsp3) is 0.250. The molecule has 24 heavy (non-hydrogen) atoms. The minimum Gasteiger partial charge on any atom is -0.493 e. The number of nitrogens with one attached hydrogen (secondary N) is 1. The van der Waals surface area contributed by atoms with E-state index in [1.807, 2.05) is 49.5 Å². The van der Waals surface area contributed by atoms with Gasteiger partial charge in [-0.05, 0) is 30.2 Å². The number of carbonyl (C=O) groups excluding carboxylic acids is 1. The quantitative estimate of drug-likeness (QED) is 0.725. The Kier molecular flexibility index (Phi) is 5.16. The third-order valence-electron chi connectivity index (χ3n) is 4.04. The highest BCUT2D eigenvalue weighted by atomic mass is 16.5. The molecular formula is C20H22N2O2. The molecule has 2 aromatic carbocycles. The zero-order valence-corrected chi connectivity index (χ0v) is 13.9. The van der Waals surface area contributed by atoms with Gasteiger partial charge in [-0.25, -0.2) is 0 Å². The Bertz CT molecular complexity index is 809. The van der Waals surface area contributed by atoms with Gasteiger partial charge in [0.2, 0.25) is 5.91 Å².